The topological polar surface area (TPSA) is 119 Å². The minimum absolute atomic E-state index is 0.0714. The van der Waals surface area contributed by atoms with E-state index >= 15 is 4.79 Å². The summed E-state index contributed by atoms with van der Waals surface area (Å²) in [4.78, 5) is 23.1. The Morgan fingerprint density at radius 1 is 0.817 bits per heavy atom. The van der Waals surface area contributed by atoms with Gasteiger partial charge in [-0.15, -0.1) is 6.58 Å². The fraction of sp³-hybridized carbons (Fsp3) is 0.541. The van der Waals surface area contributed by atoms with E-state index < -0.39 is 23.8 Å². The molecule has 384 valence electrons. The largest absolute Gasteiger partial charge is 0.459 e. The molecule has 1 saturated carbocycles. The van der Waals surface area contributed by atoms with Gasteiger partial charge in [-0.1, -0.05) is 143 Å². The molecule has 0 saturated heterocycles. The summed E-state index contributed by atoms with van der Waals surface area (Å²) < 4.78 is 27.9. The number of nitrogens with zero attached hydrogens (tertiary/aromatic N) is 2. The Morgan fingerprint density at radius 3 is 2.25 bits per heavy atom. The second-order valence-electron chi connectivity index (χ2n) is 20.1. The molecular formula is C61H82N2O8. The van der Waals surface area contributed by atoms with Gasteiger partial charge >= 0.3 is 6.09 Å². The van der Waals surface area contributed by atoms with Crippen LogP contribution in [0.2, 0.25) is 0 Å². The maximum Gasteiger partial charge on any atom is 0.410 e. The Bertz CT molecular complexity index is 2390. The van der Waals surface area contributed by atoms with Crippen molar-refractivity contribution in [1.29, 1.82) is 0 Å². The monoisotopic (exact) mass is 971 g/mol. The zero-order chi connectivity index (χ0) is 50.0. The number of unbranched alkanes of at least 4 members (excludes halogenated alkanes) is 11. The maximum atomic E-state index is 15.3. The van der Waals surface area contributed by atoms with Crippen molar-refractivity contribution in [2.45, 2.75) is 161 Å². The highest BCUT2D eigenvalue weighted by Gasteiger charge is 2.65. The number of carbonyl (C=O) groups is 1. The van der Waals surface area contributed by atoms with Gasteiger partial charge in [-0.05, 0) is 128 Å². The van der Waals surface area contributed by atoms with Gasteiger partial charge in [-0.25, -0.2) is 4.79 Å². The number of rotatable bonds is 29. The molecule has 7 rings (SSSR count). The summed E-state index contributed by atoms with van der Waals surface area (Å²) in [5.41, 5.74) is 6.07. The predicted molar refractivity (Wildman–Crippen MR) is 285 cm³/mol. The third-order valence-corrected chi connectivity index (χ3v) is 15.2. The third kappa shape index (κ3) is 13.3. The summed E-state index contributed by atoms with van der Waals surface area (Å²) >= 11 is 0. The second kappa shape index (κ2) is 27.0. The van der Waals surface area contributed by atoms with Crippen LogP contribution in [-0.2, 0) is 20.9 Å². The number of aryl methyl sites for hydroxylation is 2. The lowest BCUT2D eigenvalue weighted by Gasteiger charge is -2.59. The molecule has 6 atom stereocenters. The SMILES string of the molecule is C=CCO[C@@]12Oc3ccc(Oc4ccc(C)c(C)c4)cc3[C@H]3[C@H](CCCCO)[C@@H](CCCCO)C=C(C(=NOCC)C[C@@H]1N(Cc1cccc4ccccc14)C(=O)OCCCCCCCCCCCC)[C@H]32. The number of benzene rings is 4. The number of aliphatic hydroxyl groups excluding tert-OH is 2. The number of ether oxygens (including phenoxy) is 4. The standard InChI is InChI=1S/C61H82N2O8/c1-6-9-10-11-12-13-14-15-16-23-38-67-60(66)63(43-48-28-24-27-46-25-17-18-29-51(46)48)57-42-55(62-69-8-3)53-40-47(26-19-21-35-64)52(30-20-22-36-65)58-54-41-50(70-49-32-31-44(4)45(5)39-49)33-34-56(54)71-61(57,59(53)58)68-37-7-2/h7,17-18,24-25,27-29,31-34,39-41,47,52,57-59,64-65H,2,6,8-16,19-23,26,30,35-38,42-43H2,1,3-5H3/t47-,52+,57-,58+,59+,61+/m0/s1. The Labute approximate surface area is 424 Å². The molecule has 3 aliphatic rings. The summed E-state index contributed by atoms with van der Waals surface area (Å²) in [6.07, 6.45) is 20.5. The van der Waals surface area contributed by atoms with Crippen molar-refractivity contribution >= 4 is 22.6 Å². The van der Waals surface area contributed by atoms with Gasteiger partial charge in [0.25, 0.3) is 0 Å². The van der Waals surface area contributed by atoms with Crippen molar-refractivity contribution in [3.63, 3.8) is 0 Å². The van der Waals surface area contributed by atoms with Crippen molar-refractivity contribution in [1.82, 2.24) is 4.90 Å². The van der Waals surface area contributed by atoms with Gasteiger partial charge in [-0.2, -0.15) is 0 Å². The van der Waals surface area contributed by atoms with Crippen molar-refractivity contribution in [3.05, 3.63) is 125 Å². The van der Waals surface area contributed by atoms with Crippen LogP contribution >= 0.6 is 0 Å². The van der Waals surface area contributed by atoms with E-state index in [-0.39, 0.29) is 50.5 Å². The number of carbonyl (C=O) groups excluding carboxylic acids is 1. The van der Waals surface area contributed by atoms with E-state index in [9.17, 15) is 10.2 Å². The molecule has 2 aliphatic carbocycles. The molecule has 2 N–H and O–H groups in total. The summed E-state index contributed by atoms with van der Waals surface area (Å²) in [7, 11) is 0. The number of fused-ring (bicyclic) bond motifs is 3. The van der Waals surface area contributed by atoms with Crippen LogP contribution < -0.4 is 9.47 Å². The highest BCUT2D eigenvalue weighted by molar-refractivity contribution is 6.03. The van der Waals surface area contributed by atoms with E-state index in [1.165, 1.54) is 50.5 Å². The van der Waals surface area contributed by atoms with Gasteiger partial charge in [0.1, 0.15) is 29.9 Å². The highest BCUT2D eigenvalue weighted by atomic mass is 16.7. The van der Waals surface area contributed by atoms with Gasteiger partial charge in [0, 0.05) is 31.1 Å². The number of aliphatic hydroxyl groups is 2. The van der Waals surface area contributed by atoms with E-state index in [2.05, 4.69) is 82.0 Å². The van der Waals surface area contributed by atoms with Crippen molar-refractivity contribution in [2.24, 2.45) is 22.9 Å². The third-order valence-electron chi connectivity index (χ3n) is 15.2. The molecule has 4 aromatic carbocycles. The summed E-state index contributed by atoms with van der Waals surface area (Å²) in [5, 5.41) is 27.2. The maximum absolute atomic E-state index is 15.3. The summed E-state index contributed by atoms with van der Waals surface area (Å²) in [6, 6.07) is 26.1. The van der Waals surface area contributed by atoms with Crippen LogP contribution in [0.4, 0.5) is 4.79 Å². The van der Waals surface area contributed by atoms with Crippen LogP contribution in [0.1, 0.15) is 151 Å². The van der Waals surface area contributed by atoms with Crippen LogP contribution in [-0.4, -0.2) is 71.8 Å². The first-order valence-electron chi connectivity index (χ1n) is 27.1. The molecular weight excluding hydrogens is 889 g/mol. The van der Waals surface area contributed by atoms with Crippen molar-refractivity contribution < 1.29 is 38.8 Å². The second-order valence-corrected chi connectivity index (χ2v) is 20.1. The number of amides is 1. The average molecular weight is 971 g/mol. The van der Waals surface area contributed by atoms with Gasteiger partial charge in [0.15, 0.2) is 0 Å². The number of hydrogen-bond donors (Lipinski definition) is 2. The average Bonchev–Trinajstić information content (AvgIpc) is 3.38. The molecule has 1 fully saturated rings. The molecule has 0 spiro atoms. The normalized spacial score (nSPS) is 21.7. The molecule has 0 bridgehead atoms. The lowest BCUT2D eigenvalue weighted by molar-refractivity contribution is -0.256. The number of oxime groups is 1. The molecule has 0 aromatic heterocycles. The van der Waals surface area contributed by atoms with E-state index in [0.717, 1.165) is 89.4 Å². The molecule has 1 aliphatic heterocycles. The van der Waals surface area contributed by atoms with E-state index in [0.29, 0.717) is 37.6 Å². The van der Waals surface area contributed by atoms with Gasteiger partial charge < -0.3 is 34.0 Å². The fourth-order valence-corrected chi connectivity index (χ4v) is 11.5. The molecule has 71 heavy (non-hydrogen) atoms. The van der Waals surface area contributed by atoms with Gasteiger partial charge in [0.05, 0.1) is 31.4 Å². The first kappa shape index (κ1) is 53.6. The van der Waals surface area contributed by atoms with Crippen molar-refractivity contribution in [3.8, 4) is 17.2 Å². The number of hydrogen-bond acceptors (Lipinski definition) is 9. The van der Waals surface area contributed by atoms with E-state index in [1.54, 1.807) is 6.08 Å². The lowest BCUT2D eigenvalue weighted by Crippen LogP contribution is -2.70. The zero-order valence-electron chi connectivity index (χ0n) is 43.3. The van der Waals surface area contributed by atoms with Crippen LogP contribution in [0.3, 0.4) is 0 Å². The van der Waals surface area contributed by atoms with Crippen LogP contribution in [0.15, 0.2) is 108 Å². The van der Waals surface area contributed by atoms with E-state index in [4.69, 9.17) is 28.9 Å². The quantitative estimate of drug-likeness (QED) is 0.0314. The van der Waals surface area contributed by atoms with Gasteiger partial charge in [0.2, 0.25) is 5.79 Å². The molecule has 1 amide bonds. The smallest absolute Gasteiger partial charge is 0.410 e. The summed E-state index contributed by atoms with van der Waals surface area (Å²) in [5.74, 6) is 0.218. The molecule has 10 nitrogen and oxygen atoms in total. The Balaban J connectivity index is 1.35. The van der Waals surface area contributed by atoms with Gasteiger partial charge in [-0.3, -0.25) is 4.90 Å². The predicted octanol–water partition coefficient (Wildman–Crippen LogP) is 14.5. The van der Waals surface area contributed by atoms with E-state index in [1.807, 2.05) is 42.2 Å². The molecule has 0 radical (unpaired) electrons. The molecule has 10 heteroatoms. The Hall–Kier alpha value is -5.16. The Morgan fingerprint density at radius 2 is 1.52 bits per heavy atom. The van der Waals surface area contributed by atoms with Crippen LogP contribution in [0.25, 0.3) is 10.8 Å². The van der Waals surface area contributed by atoms with Crippen molar-refractivity contribution in [2.75, 3.05) is 33.0 Å². The van der Waals surface area contributed by atoms with Crippen LogP contribution in [0, 0.1) is 31.6 Å². The molecule has 4 aromatic rings. The van der Waals surface area contributed by atoms with Crippen LogP contribution in [0.5, 0.6) is 17.2 Å². The summed E-state index contributed by atoms with van der Waals surface area (Å²) in [6.45, 7) is 13.8. The fourth-order valence-electron chi connectivity index (χ4n) is 11.5. The Kier molecular flexibility index (Phi) is 20.4. The highest BCUT2D eigenvalue weighted by Crippen LogP contribution is 2.62. The first-order chi connectivity index (χ1) is 34.8. The molecule has 0 unspecified atom stereocenters. The minimum atomic E-state index is -1.43. The zero-order valence-corrected chi connectivity index (χ0v) is 43.3. The first-order valence-corrected chi connectivity index (χ1v) is 27.1. The lowest BCUT2D eigenvalue weighted by atomic mass is 9.55. The number of allylic oxidation sites excluding steroid dienone is 1. The minimum Gasteiger partial charge on any atom is -0.459 e. The molecule has 1 heterocycles.